The maximum Gasteiger partial charge on any atom is 0.416 e. The van der Waals surface area contributed by atoms with Gasteiger partial charge in [0.1, 0.15) is 0 Å². The van der Waals surface area contributed by atoms with Gasteiger partial charge in [0.15, 0.2) is 0 Å². The number of carboxylic acid groups (broad SMARTS) is 1. The second kappa shape index (κ2) is 10.3. The molecule has 0 fully saturated rings. The van der Waals surface area contributed by atoms with Crippen LogP contribution in [0.15, 0.2) is 24.3 Å². The van der Waals surface area contributed by atoms with Crippen molar-refractivity contribution in [3.63, 3.8) is 0 Å². The van der Waals surface area contributed by atoms with Gasteiger partial charge in [-0.3, -0.25) is 4.79 Å². The Morgan fingerprint density at radius 2 is 1.39 bits per heavy atom. The topological polar surface area (TPSA) is 89.9 Å². The fourth-order valence-corrected chi connectivity index (χ4v) is 2.23. The van der Waals surface area contributed by atoms with E-state index < -0.39 is 36.1 Å². The van der Waals surface area contributed by atoms with Crippen molar-refractivity contribution in [3.05, 3.63) is 46.5 Å². The van der Waals surface area contributed by atoms with Gasteiger partial charge in [0.25, 0.3) is 0 Å². The minimum absolute atomic E-state index is 0.00148. The van der Waals surface area contributed by atoms with Crippen LogP contribution in [-0.4, -0.2) is 36.2 Å². The number of rotatable bonds is 8. The maximum absolute atomic E-state index is 13.2. The molecule has 0 aliphatic rings. The van der Waals surface area contributed by atoms with E-state index in [0.717, 1.165) is 36.4 Å². The Morgan fingerprint density at radius 1 is 0.964 bits per heavy atom. The zero-order valence-corrected chi connectivity index (χ0v) is 15.2. The molecule has 0 aliphatic heterocycles. The van der Waals surface area contributed by atoms with E-state index in [1.54, 1.807) is 13.8 Å². The molecular weight excluding hydrogens is 381 g/mol. The lowest BCUT2D eigenvalue weighted by molar-refractivity contribution is -0.138. The molecule has 0 saturated carbocycles. The summed E-state index contributed by atoms with van der Waals surface area (Å²) in [5.41, 5.74) is -1.32. The van der Waals surface area contributed by atoms with Gasteiger partial charge >= 0.3 is 24.1 Å². The van der Waals surface area contributed by atoms with Gasteiger partial charge in [-0.2, -0.15) is 13.2 Å². The van der Waals surface area contributed by atoms with E-state index in [0.29, 0.717) is 0 Å². The molecule has 1 aromatic carbocycles. The first-order chi connectivity index (χ1) is 13.1. The number of aliphatic carboxylic acids is 1. The summed E-state index contributed by atoms with van der Waals surface area (Å²) >= 11 is 0. The Hall–Kier alpha value is -3.10. The summed E-state index contributed by atoms with van der Waals surface area (Å²) in [6, 6.07) is 1.46. The zero-order valence-electron chi connectivity index (χ0n) is 15.2. The van der Waals surface area contributed by atoms with Crippen molar-refractivity contribution >= 4 is 30.1 Å². The van der Waals surface area contributed by atoms with Gasteiger partial charge in [0.05, 0.1) is 25.2 Å². The first kappa shape index (κ1) is 22.9. The second-order valence-electron chi connectivity index (χ2n) is 5.37. The van der Waals surface area contributed by atoms with Crippen LogP contribution < -0.4 is 0 Å². The molecule has 0 aromatic heterocycles. The SMILES string of the molecule is CCOC(=O)/C=C/c1cc(C(F)(F)F)cc(/C=C/C(=O)OCC)c1CC(=O)O. The van der Waals surface area contributed by atoms with Crippen molar-refractivity contribution in [2.75, 3.05) is 13.2 Å². The number of ether oxygens (including phenoxy) is 2. The van der Waals surface area contributed by atoms with Gasteiger partial charge in [-0.1, -0.05) is 0 Å². The average molecular weight is 400 g/mol. The lowest BCUT2D eigenvalue weighted by atomic mass is 9.94. The maximum atomic E-state index is 13.2. The Kier molecular flexibility index (Phi) is 8.43. The number of benzene rings is 1. The zero-order chi connectivity index (χ0) is 21.3. The molecule has 0 unspecified atom stereocenters. The number of alkyl halides is 3. The fourth-order valence-electron chi connectivity index (χ4n) is 2.23. The van der Waals surface area contributed by atoms with Gasteiger partial charge in [-0.25, -0.2) is 9.59 Å². The minimum atomic E-state index is -4.72. The van der Waals surface area contributed by atoms with Gasteiger partial charge in [-0.05, 0) is 54.8 Å². The van der Waals surface area contributed by atoms with Crippen molar-refractivity contribution in [2.24, 2.45) is 0 Å². The van der Waals surface area contributed by atoms with Gasteiger partial charge in [-0.15, -0.1) is 0 Å². The highest BCUT2D eigenvalue weighted by atomic mass is 19.4. The highest BCUT2D eigenvalue weighted by Crippen LogP contribution is 2.33. The Bertz CT molecular complexity index is 744. The molecule has 0 radical (unpaired) electrons. The molecule has 1 aromatic rings. The van der Waals surface area contributed by atoms with Crippen molar-refractivity contribution in [3.8, 4) is 0 Å². The van der Waals surface area contributed by atoms with Crippen LogP contribution >= 0.6 is 0 Å². The predicted octanol–water partition coefficient (Wildman–Crippen LogP) is 3.49. The number of halogens is 3. The van der Waals surface area contributed by atoms with Crippen LogP contribution in [0.3, 0.4) is 0 Å². The van der Waals surface area contributed by atoms with Crippen LogP contribution in [0.25, 0.3) is 12.2 Å². The van der Waals surface area contributed by atoms with E-state index in [2.05, 4.69) is 9.47 Å². The van der Waals surface area contributed by atoms with Crippen LogP contribution in [0.2, 0.25) is 0 Å². The molecule has 1 N–H and O–H groups in total. The molecule has 0 bridgehead atoms. The first-order valence-electron chi connectivity index (χ1n) is 8.24. The number of esters is 2. The summed E-state index contributed by atoms with van der Waals surface area (Å²) < 4.78 is 49.1. The summed E-state index contributed by atoms with van der Waals surface area (Å²) in [7, 11) is 0. The van der Waals surface area contributed by atoms with Gasteiger partial charge in [0.2, 0.25) is 0 Å². The molecule has 0 aliphatic carbocycles. The molecule has 0 atom stereocenters. The summed E-state index contributed by atoms with van der Waals surface area (Å²) in [5, 5.41) is 9.11. The van der Waals surface area contributed by atoms with E-state index in [9.17, 15) is 27.6 Å². The molecule has 0 amide bonds. The third kappa shape index (κ3) is 7.26. The van der Waals surface area contributed by atoms with Crippen LogP contribution in [0.1, 0.15) is 36.1 Å². The number of carbonyl (C=O) groups excluding carboxylic acids is 2. The molecule has 6 nitrogen and oxygen atoms in total. The van der Waals surface area contributed by atoms with Crippen LogP contribution in [0.5, 0.6) is 0 Å². The third-order valence-electron chi connectivity index (χ3n) is 3.35. The smallest absolute Gasteiger partial charge is 0.416 e. The minimum Gasteiger partial charge on any atom is -0.481 e. The third-order valence-corrected chi connectivity index (χ3v) is 3.35. The summed E-state index contributed by atoms with van der Waals surface area (Å²) in [6.07, 6.45) is -1.43. The lowest BCUT2D eigenvalue weighted by Crippen LogP contribution is -2.10. The molecule has 1 rings (SSSR count). The molecule has 0 spiro atoms. The highest BCUT2D eigenvalue weighted by molar-refractivity contribution is 5.90. The molecule has 28 heavy (non-hydrogen) atoms. The lowest BCUT2D eigenvalue weighted by Gasteiger charge is -2.14. The summed E-state index contributed by atoms with van der Waals surface area (Å²) in [4.78, 5) is 34.1. The quantitative estimate of drug-likeness (QED) is 0.531. The number of hydrogen-bond donors (Lipinski definition) is 1. The summed E-state index contributed by atoms with van der Waals surface area (Å²) in [5.74, 6) is -2.87. The van der Waals surface area contributed by atoms with E-state index >= 15 is 0 Å². The number of carbonyl (C=O) groups is 3. The van der Waals surface area contributed by atoms with Crippen LogP contribution in [0, 0.1) is 0 Å². The van der Waals surface area contributed by atoms with Crippen molar-refractivity contribution < 1.29 is 42.1 Å². The first-order valence-corrected chi connectivity index (χ1v) is 8.24. The molecule has 152 valence electrons. The fraction of sp³-hybridized carbons (Fsp3) is 0.316. The standard InChI is InChI=1S/C19H19F3O6/c1-3-27-17(25)7-5-12-9-14(19(20,21)22)10-13(15(12)11-16(23)24)6-8-18(26)28-4-2/h5-10H,3-4,11H2,1-2H3,(H,23,24)/b7-5+,8-6+. The molecular formula is C19H19F3O6. The predicted molar refractivity (Wildman–Crippen MR) is 94.1 cm³/mol. The monoisotopic (exact) mass is 400 g/mol. The molecule has 0 heterocycles. The van der Waals surface area contributed by atoms with E-state index in [1.807, 2.05) is 0 Å². The average Bonchev–Trinajstić information content (AvgIpc) is 2.58. The normalized spacial score (nSPS) is 11.8. The van der Waals surface area contributed by atoms with E-state index in [1.165, 1.54) is 0 Å². The van der Waals surface area contributed by atoms with Crippen molar-refractivity contribution in [2.45, 2.75) is 26.4 Å². The number of carboxylic acids is 1. The summed E-state index contributed by atoms with van der Waals surface area (Å²) in [6.45, 7) is 3.26. The molecule has 9 heteroatoms. The van der Waals surface area contributed by atoms with E-state index in [4.69, 9.17) is 5.11 Å². The van der Waals surface area contributed by atoms with Crippen LogP contribution in [-0.2, 0) is 36.5 Å². The van der Waals surface area contributed by atoms with Crippen LogP contribution in [0.4, 0.5) is 13.2 Å². The highest BCUT2D eigenvalue weighted by Gasteiger charge is 2.32. The van der Waals surface area contributed by atoms with Crippen molar-refractivity contribution in [1.82, 2.24) is 0 Å². The molecule has 0 saturated heterocycles. The van der Waals surface area contributed by atoms with Gasteiger partial charge < -0.3 is 14.6 Å². The van der Waals surface area contributed by atoms with Gasteiger partial charge in [0, 0.05) is 12.2 Å². The van der Waals surface area contributed by atoms with E-state index in [-0.39, 0.29) is 29.9 Å². The Balaban J connectivity index is 3.55. The largest absolute Gasteiger partial charge is 0.481 e. The Labute approximate surface area is 159 Å². The Morgan fingerprint density at radius 3 is 1.71 bits per heavy atom. The van der Waals surface area contributed by atoms with Crippen molar-refractivity contribution in [1.29, 1.82) is 0 Å². The number of hydrogen-bond acceptors (Lipinski definition) is 5. The second-order valence-corrected chi connectivity index (χ2v) is 5.37.